The molecule has 1 nitrogen and oxygen atoms in total. The van der Waals surface area contributed by atoms with Gasteiger partial charge in [-0.05, 0) is 48.6 Å². The lowest BCUT2D eigenvalue weighted by Gasteiger charge is -2.21. The lowest BCUT2D eigenvalue weighted by molar-refractivity contribution is 0.443. The van der Waals surface area contributed by atoms with Crippen molar-refractivity contribution in [2.24, 2.45) is 0 Å². The van der Waals surface area contributed by atoms with Gasteiger partial charge in [0.2, 0.25) is 0 Å². The largest absolute Gasteiger partial charge is 0.256 e. The Hall–Kier alpha value is -0.890. The Morgan fingerprint density at radius 3 is 2.71 bits per heavy atom. The number of hydrogen-bond acceptors (Lipinski definition) is 1. The summed E-state index contributed by atoms with van der Waals surface area (Å²) in [7, 11) is 0. The Bertz CT molecular complexity index is 529. The molecular weight excluding hydrogens is 274 g/mol. The van der Waals surface area contributed by atoms with Gasteiger partial charge in [-0.2, -0.15) is 0 Å². The molecule has 2 aromatic rings. The standard InChI is InChI=1S/C15H16BrN/c16-14-6-7-15-12(9-14)8-13(10-17-15)11-4-2-1-3-5-11/h6-11H,1-5H2. The van der Waals surface area contributed by atoms with Crippen molar-refractivity contribution in [2.75, 3.05) is 0 Å². The molecule has 17 heavy (non-hydrogen) atoms. The average Bonchev–Trinajstić information content (AvgIpc) is 2.39. The van der Waals surface area contributed by atoms with Crippen molar-refractivity contribution < 1.29 is 0 Å². The van der Waals surface area contributed by atoms with Gasteiger partial charge in [0.05, 0.1) is 5.52 Å². The van der Waals surface area contributed by atoms with Crippen LogP contribution in [0.4, 0.5) is 0 Å². The van der Waals surface area contributed by atoms with Crippen LogP contribution in [-0.4, -0.2) is 4.98 Å². The second kappa shape index (κ2) is 4.77. The van der Waals surface area contributed by atoms with E-state index in [2.05, 4.69) is 51.4 Å². The summed E-state index contributed by atoms with van der Waals surface area (Å²) in [5, 5.41) is 1.25. The number of nitrogens with zero attached hydrogens (tertiary/aromatic N) is 1. The normalized spacial score (nSPS) is 17.5. The molecule has 2 heteroatoms. The second-order valence-electron chi connectivity index (χ2n) is 4.94. The molecule has 1 aliphatic rings. The summed E-state index contributed by atoms with van der Waals surface area (Å²) in [5.41, 5.74) is 2.52. The van der Waals surface area contributed by atoms with E-state index in [1.807, 2.05) is 0 Å². The number of aromatic nitrogens is 1. The van der Waals surface area contributed by atoms with Gasteiger partial charge < -0.3 is 0 Å². The van der Waals surface area contributed by atoms with Gasteiger partial charge in [0, 0.05) is 16.1 Å². The van der Waals surface area contributed by atoms with Gasteiger partial charge >= 0.3 is 0 Å². The third kappa shape index (κ3) is 2.37. The molecule has 0 bridgehead atoms. The molecule has 0 N–H and O–H groups in total. The monoisotopic (exact) mass is 289 g/mol. The van der Waals surface area contributed by atoms with Gasteiger partial charge in [-0.1, -0.05) is 35.2 Å². The molecule has 0 saturated heterocycles. The van der Waals surface area contributed by atoms with Gasteiger partial charge in [0.15, 0.2) is 0 Å². The molecule has 3 rings (SSSR count). The SMILES string of the molecule is Brc1ccc2ncc(C3CCCCC3)cc2c1. The molecular formula is C15H16BrN. The lowest BCUT2D eigenvalue weighted by atomic mass is 9.84. The Kier molecular flexibility index (Phi) is 3.15. The van der Waals surface area contributed by atoms with Crippen LogP contribution in [0.5, 0.6) is 0 Å². The second-order valence-corrected chi connectivity index (χ2v) is 5.86. The zero-order valence-electron chi connectivity index (χ0n) is 9.82. The number of rotatable bonds is 1. The summed E-state index contributed by atoms with van der Waals surface area (Å²) in [6.07, 6.45) is 8.90. The first-order valence-corrected chi connectivity index (χ1v) is 7.17. The zero-order chi connectivity index (χ0) is 11.7. The van der Waals surface area contributed by atoms with Crippen LogP contribution in [0.2, 0.25) is 0 Å². The van der Waals surface area contributed by atoms with Gasteiger partial charge in [-0.3, -0.25) is 4.98 Å². The maximum atomic E-state index is 4.58. The van der Waals surface area contributed by atoms with Crippen LogP contribution < -0.4 is 0 Å². The van der Waals surface area contributed by atoms with Crippen LogP contribution in [0.1, 0.15) is 43.6 Å². The van der Waals surface area contributed by atoms with E-state index in [-0.39, 0.29) is 0 Å². The van der Waals surface area contributed by atoms with E-state index >= 15 is 0 Å². The van der Waals surface area contributed by atoms with Gasteiger partial charge in [-0.15, -0.1) is 0 Å². The summed E-state index contributed by atoms with van der Waals surface area (Å²) in [5.74, 6) is 0.736. The van der Waals surface area contributed by atoms with Crippen LogP contribution in [0.15, 0.2) is 34.9 Å². The third-order valence-electron chi connectivity index (χ3n) is 3.74. The van der Waals surface area contributed by atoms with Crippen LogP contribution >= 0.6 is 15.9 Å². The number of pyridine rings is 1. The molecule has 1 aromatic carbocycles. The Morgan fingerprint density at radius 2 is 1.88 bits per heavy atom. The summed E-state index contributed by atoms with van der Waals surface area (Å²) >= 11 is 3.53. The third-order valence-corrected chi connectivity index (χ3v) is 4.23. The highest BCUT2D eigenvalue weighted by molar-refractivity contribution is 9.10. The topological polar surface area (TPSA) is 12.9 Å². The van der Waals surface area contributed by atoms with Crippen molar-refractivity contribution in [2.45, 2.75) is 38.0 Å². The number of fused-ring (bicyclic) bond motifs is 1. The Morgan fingerprint density at radius 1 is 1.06 bits per heavy atom. The Balaban J connectivity index is 1.99. The molecule has 1 aromatic heterocycles. The molecule has 1 aliphatic carbocycles. The smallest absolute Gasteiger partial charge is 0.0702 e. The minimum atomic E-state index is 0.736. The fourth-order valence-electron chi connectivity index (χ4n) is 2.78. The molecule has 0 atom stereocenters. The van der Waals surface area contributed by atoms with E-state index in [0.717, 1.165) is 15.9 Å². The van der Waals surface area contributed by atoms with Gasteiger partial charge in [-0.25, -0.2) is 0 Å². The minimum absolute atomic E-state index is 0.736. The number of halogens is 1. The molecule has 0 aliphatic heterocycles. The highest BCUT2D eigenvalue weighted by Crippen LogP contribution is 2.33. The first-order chi connectivity index (χ1) is 8.33. The summed E-state index contributed by atoms with van der Waals surface area (Å²) < 4.78 is 1.13. The fourth-order valence-corrected chi connectivity index (χ4v) is 3.16. The summed E-state index contributed by atoms with van der Waals surface area (Å²) in [4.78, 5) is 4.58. The van der Waals surface area contributed by atoms with Crippen molar-refractivity contribution in [3.8, 4) is 0 Å². The maximum Gasteiger partial charge on any atom is 0.0702 e. The molecule has 1 fully saturated rings. The molecule has 0 unspecified atom stereocenters. The van der Waals surface area contributed by atoms with Crippen molar-refractivity contribution in [1.82, 2.24) is 4.98 Å². The van der Waals surface area contributed by atoms with E-state index < -0.39 is 0 Å². The van der Waals surface area contributed by atoms with Crippen molar-refractivity contribution in [3.63, 3.8) is 0 Å². The molecule has 0 amide bonds. The van der Waals surface area contributed by atoms with E-state index in [0.29, 0.717) is 0 Å². The molecule has 1 saturated carbocycles. The van der Waals surface area contributed by atoms with Crippen LogP contribution in [-0.2, 0) is 0 Å². The van der Waals surface area contributed by atoms with Crippen molar-refractivity contribution in [1.29, 1.82) is 0 Å². The van der Waals surface area contributed by atoms with Crippen LogP contribution in [0.25, 0.3) is 10.9 Å². The summed E-state index contributed by atoms with van der Waals surface area (Å²) in [6.45, 7) is 0. The first kappa shape index (κ1) is 11.2. The van der Waals surface area contributed by atoms with Gasteiger partial charge in [0.25, 0.3) is 0 Å². The predicted octanol–water partition coefficient (Wildman–Crippen LogP) is 5.05. The first-order valence-electron chi connectivity index (χ1n) is 6.38. The molecule has 0 spiro atoms. The Labute approximate surface area is 110 Å². The molecule has 1 heterocycles. The molecule has 88 valence electrons. The molecule has 0 radical (unpaired) electrons. The number of hydrogen-bond donors (Lipinski definition) is 0. The van der Waals surface area contributed by atoms with E-state index in [1.165, 1.54) is 43.1 Å². The van der Waals surface area contributed by atoms with E-state index in [1.54, 1.807) is 0 Å². The zero-order valence-corrected chi connectivity index (χ0v) is 11.4. The highest BCUT2D eigenvalue weighted by Gasteiger charge is 2.15. The van der Waals surface area contributed by atoms with Crippen LogP contribution in [0.3, 0.4) is 0 Å². The minimum Gasteiger partial charge on any atom is -0.256 e. The van der Waals surface area contributed by atoms with Crippen molar-refractivity contribution >= 4 is 26.8 Å². The maximum absolute atomic E-state index is 4.58. The van der Waals surface area contributed by atoms with E-state index in [9.17, 15) is 0 Å². The van der Waals surface area contributed by atoms with E-state index in [4.69, 9.17) is 0 Å². The van der Waals surface area contributed by atoms with Crippen LogP contribution in [0, 0.1) is 0 Å². The fraction of sp³-hybridized carbons (Fsp3) is 0.400. The van der Waals surface area contributed by atoms with Crippen molar-refractivity contribution in [3.05, 3.63) is 40.5 Å². The average molecular weight is 290 g/mol. The summed E-state index contributed by atoms with van der Waals surface area (Å²) in [6, 6.07) is 8.61. The number of benzene rings is 1. The highest BCUT2D eigenvalue weighted by atomic mass is 79.9. The van der Waals surface area contributed by atoms with Gasteiger partial charge in [0.1, 0.15) is 0 Å². The predicted molar refractivity (Wildman–Crippen MR) is 75.3 cm³/mol. The quantitative estimate of drug-likeness (QED) is 0.716. The lowest BCUT2D eigenvalue weighted by Crippen LogP contribution is -2.04.